The molecule has 0 saturated carbocycles. The Morgan fingerprint density at radius 1 is 0.433 bits per heavy atom. The molecule has 46 nitrogen and oxygen atoms in total. The Balaban J connectivity index is -0.00000313. The molecule has 5 rings (SSSR count). The third-order valence-corrected chi connectivity index (χ3v) is 14.3. The number of hydrogen-bond acceptors (Lipinski definition) is 46. The number of aromatic hydroxyl groups is 1. The zero-order valence-corrected chi connectivity index (χ0v) is 76.5. The maximum atomic E-state index is 14.8. The van der Waals surface area contributed by atoms with Crippen molar-refractivity contribution in [3.05, 3.63) is 40.6 Å². The Labute approximate surface area is 750 Å². The van der Waals surface area contributed by atoms with Crippen LogP contribution in [0.3, 0.4) is 0 Å². The fourth-order valence-corrected chi connectivity index (χ4v) is 11.2. The molecule has 2 aromatic carbocycles. The molecule has 3 heterocycles. The van der Waals surface area contributed by atoms with Gasteiger partial charge in [-0.2, -0.15) is 0 Å². The summed E-state index contributed by atoms with van der Waals surface area (Å²) in [5.41, 5.74) is -3.45. The summed E-state index contributed by atoms with van der Waals surface area (Å²) in [6.07, 6.45) is -31.4. The van der Waals surface area contributed by atoms with Gasteiger partial charge in [-0.15, -0.1) is 0 Å². The molecule has 0 amide bonds. The fraction of sp³-hybridized carbons (Fsp3) is 0.545. The van der Waals surface area contributed by atoms with Gasteiger partial charge in [0.1, 0.15) is 72.8 Å². The molecule has 10 atom stereocenters. The van der Waals surface area contributed by atoms with E-state index >= 15 is 0 Å². The maximum absolute atomic E-state index is 14.8. The second-order valence-electron chi connectivity index (χ2n) is 16.3. The molecule has 0 aliphatic carbocycles. The predicted molar refractivity (Wildman–Crippen MR) is 250 cm³/mol. The second kappa shape index (κ2) is 45.6. The molecule has 3 aromatic rings. The quantitative estimate of drug-likeness (QED) is 0.0256. The minimum atomic E-state index is -6.60. The topological polar surface area (TPSA) is 713 Å². The summed E-state index contributed by atoms with van der Waals surface area (Å²) in [6.45, 7) is -7.23. The first kappa shape index (κ1) is 110. The van der Waals surface area contributed by atoms with E-state index in [1.54, 1.807) is 0 Å². The molecule has 2 saturated heterocycles. The number of rotatable bonds is 33. The third kappa shape index (κ3) is 39.7. The van der Waals surface area contributed by atoms with E-state index in [9.17, 15) is 127 Å². The normalized spacial score (nSPS) is 21.6. The summed E-state index contributed by atoms with van der Waals surface area (Å²) < 4.78 is 397. The molecule has 0 unspecified atom stereocenters. The molecule has 504 valence electrons. The zero-order valence-electron chi connectivity index (χ0n) is 51.1. The molecule has 64 heteroatoms. The molecule has 0 radical (unpaired) electrons. The van der Waals surface area contributed by atoms with Crippen LogP contribution in [-0.4, -0.2) is 230 Å². The number of ether oxygens (including phenoxy) is 7. The smallest absolute Gasteiger partial charge is 0.726 e. The van der Waals surface area contributed by atoms with Gasteiger partial charge in [0.15, 0.2) is 35.8 Å². The van der Waals surface area contributed by atoms with Gasteiger partial charge < -0.3 is 83.7 Å². The van der Waals surface area contributed by atoms with E-state index < -0.39 is 258 Å². The van der Waals surface area contributed by atoms with Crippen molar-refractivity contribution in [2.75, 3.05) is 46.2 Å². The minimum absolute atomic E-state index is 0. The molecule has 0 spiro atoms. The minimum Gasteiger partial charge on any atom is -0.726 e. The van der Waals surface area contributed by atoms with Crippen LogP contribution in [0.1, 0.15) is 6.92 Å². The Morgan fingerprint density at radius 3 is 1.25 bits per heavy atom. The number of phenolic OH excluding ortho intramolecular Hbond substituents is 1. The maximum Gasteiger partial charge on any atom is 1.00 e. The predicted octanol–water partition coefficient (Wildman–Crippen LogP) is -34.3. The Kier molecular flexibility index (Phi) is 51.7. The van der Waals surface area contributed by atoms with Crippen LogP contribution in [0.5, 0.6) is 28.7 Å². The zero-order chi connectivity index (χ0) is 66.6. The molecule has 2 fully saturated rings. The molecule has 0 bridgehead atoms. The van der Waals surface area contributed by atoms with Crippen LogP contribution in [0.2, 0.25) is 0 Å². The van der Waals surface area contributed by atoms with Crippen molar-refractivity contribution >= 4 is 105 Å². The molecule has 97 heavy (non-hydrogen) atoms. The van der Waals surface area contributed by atoms with Gasteiger partial charge in [-0.25, -0.2) is 75.8 Å². The van der Waals surface area contributed by atoms with E-state index in [-0.39, 0.29) is 266 Å². The molecule has 1 N–H and O–H groups in total. The summed E-state index contributed by atoms with van der Waals surface area (Å²) in [6, 6.07) is 3.47. The summed E-state index contributed by atoms with van der Waals surface area (Å²) in [5, 5.41) is 10.0. The Hall–Kier alpha value is 4.36. The molecular formula is C33H33Na9O46S9. The van der Waals surface area contributed by atoms with Crippen molar-refractivity contribution in [2.24, 2.45) is 0 Å². The van der Waals surface area contributed by atoms with Gasteiger partial charge in [-0.05, 0) is 25.1 Å². The largest absolute Gasteiger partial charge is 1.00 e. The van der Waals surface area contributed by atoms with Gasteiger partial charge in [0.25, 0.3) is 0 Å². The monoisotopic (exact) mass is 1660 g/mol. The van der Waals surface area contributed by atoms with E-state index in [4.69, 9.17) is 37.6 Å². The standard InChI is InChI=1S/C33H42O46S9.9Na/c1-14-24(74-83(45,46)47)28(76-85(51,52)53)30(78-87(57,58)59)32(70-14)66-13-21-26(75-84(48,49)50)29(77-86(54,55)56)31(79-88(60,61)62)33(72-21)73-27-23(35)22-17(34)11-16(63-4-7-67-80(36,37)38)12-20(22)71-25(27)15-2-3-18(64-5-8-68-81(39,40)41)19(10-15)65-6-9-69-82(42,43)44;;;;;;;;;/h2-3,10-12,14,21,24,26,28-34H,4-9,13H2,1H3,(H,36,37,38)(H,39,40,41)(H,42,43,44)(H,45,46,47)(H,48,49,50)(H,51,52,53)(H,54,55,56)(H,57,58,59)(H,60,61,62);;;;;;;;;/q;9*+1/p-9/t14-,21+,24-,26+,28+,29-,30+,31+,32+,33-;;;;;;;;;/m0........./s1. The van der Waals surface area contributed by atoms with Crippen LogP contribution in [0.25, 0.3) is 22.3 Å². The summed E-state index contributed by atoms with van der Waals surface area (Å²) >= 11 is 0. The van der Waals surface area contributed by atoms with Crippen LogP contribution in [0, 0.1) is 0 Å². The Morgan fingerprint density at radius 2 is 0.814 bits per heavy atom. The van der Waals surface area contributed by atoms with Gasteiger partial charge in [0, 0.05) is 17.7 Å². The first-order valence-electron chi connectivity index (χ1n) is 22.0. The van der Waals surface area contributed by atoms with E-state index in [0.717, 1.165) is 12.1 Å². The van der Waals surface area contributed by atoms with E-state index in [1.165, 1.54) is 0 Å². The number of benzene rings is 2. The number of fused-ring (bicyclic) bond motifs is 1. The van der Waals surface area contributed by atoms with Crippen molar-refractivity contribution in [1.82, 2.24) is 0 Å². The van der Waals surface area contributed by atoms with Crippen molar-refractivity contribution in [2.45, 2.75) is 68.3 Å². The van der Waals surface area contributed by atoms with Crippen molar-refractivity contribution in [3.8, 4) is 40.1 Å². The van der Waals surface area contributed by atoms with Crippen LogP contribution in [-0.2, 0) is 145 Å². The number of hydrogen-bond donors (Lipinski definition) is 1. The number of phenols is 1. The van der Waals surface area contributed by atoms with Gasteiger partial charge in [-0.1, -0.05) is 0 Å². The fourth-order valence-electron chi connectivity index (χ4n) is 7.40. The van der Waals surface area contributed by atoms with Gasteiger partial charge in [-0.3, -0.25) is 42.4 Å². The summed E-state index contributed by atoms with van der Waals surface area (Å²) in [4.78, 5) is 14.8. The molecule has 2 aliphatic heterocycles. The van der Waals surface area contributed by atoms with Crippen molar-refractivity contribution < 1.29 is 463 Å². The van der Waals surface area contributed by atoms with Crippen molar-refractivity contribution in [1.29, 1.82) is 0 Å². The van der Waals surface area contributed by atoms with Crippen LogP contribution in [0.4, 0.5) is 0 Å². The third-order valence-electron chi connectivity index (χ3n) is 10.2. The first-order valence-corrected chi connectivity index (χ1v) is 34.0. The van der Waals surface area contributed by atoms with E-state index in [1.807, 2.05) is 0 Å². The molecular weight excluding hydrogens is 1630 g/mol. The van der Waals surface area contributed by atoms with Gasteiger partial charge >= 0.3 is 266 Å². The molecule has 1 aromatic heterocycles. The van der Waals surface area contributed by atoms with Crippen LogP contribution >= 0.6 is 0 Å². The van der Waals surface area contributed by atoms with Crippen LogP contribution in [0.15, 0.2) is 39.5 Å². The van der Waals surface area contributed by atoms with Gasteiger partial charge in [0.05, 0.1) is 32.5 Å². The van der Waals surface area contributed by atoms with Crippen LogP contribution < -0.4 is 290 Å². The molecule has 2 aliphatic rings. The van der Waals surface area contributed by atoms with E-state index in [0.29, 0.717) is 25.1 Å². The van der Waals surface area contributed by atoms with Crippen molar-refractivity contribution in [3.63, 3.8) is 0 Å². The van der Waals surface area contributed by atoms with E-state index in [2.05, 4.69) is 37.6 Å². The Bertz CT molecular complexity index is 4170. The summed E-state index contributed by atoms with van der Waals surface area (Å²) in [7, 11) is -54.6. The summed E-state index contributed by atoms with van der Waals surface area (Å²) in [5.74, 6) is -6.03. The average molecular weight is 1660 g/mol. The second-order valence-corrected chi connectivity index (χ2v) is 25.5. The first-order chi connectivity index (χ1) is 39.9. The SMILES string of the molecule is C[C@@H]1O[C@@H](OC[C@H]2O[C@@H](Oc3c(-c4ccc(OCCOS(=O)(=O)[O-])c(OCCOS(=O)(=O)[O-])c4)oc4cc(OCCOS(=O)(=O)[O-])cc(O)c4c3=O)[C@H](OS(=O)(=O)[O-])[C@@H](OS(=O)(=O)[O-])[C@@H]2OS(=O)(=O)[O-])[C@H](OS(=O)(=O)[O-])[C@H](OS(=O)(=O)[O-])[C@H]1OS(=O)(=O)[O-].[Na+].[Na+].[Na+].[Na+].[Na+].[Na+].[Na+].[Na+].[Na+]. The van der Waals surface area contributed by atoms with Gasteiger partial charge in [0.2, 0.25) is 111 Å². The average Bonchev–Trinajstić information content (AvgIpc) is 0.772.